The second-order valence-corrected chi connectivity index (χ2v) is 6.68. The monoisotopic (exact) mass is 383 g/mol. The summed E-state index contributed by atoms with van der Waals surface area (Å²) in [5, 5.41) is 5.69. The van der Waals surface area contributed by atoms with Gasteiger partial charge < -0.3 is 25.0 Å². The number of carbonyl (C=O) groups is 2. The van der Waals surface area contributed by atoms with Crippen molar-refractivity contribution in [2.24, 2.45) is 5.92 Å². The van der Waals surface area contributed by atoms with E-state index in [1.165, 1.54) is 0 Å². The van der Waals surface area contributed by atoms with Crippen LogP contribution in [0.5, 0.6) is 11.5 Å². The van der Waals surface area contributed by atoms with Gasteiger partial charge in [0.2, 0.25) is 0 Å². The minimum atomic E-state index is -0.326. The number of methoxy groups -OCH3 is 1. The quantitative estimate of drug-likeness (QED) is 0.825. The zero-order valence-electron chi connectivity index (χ0n) is 15.9. The molecule has 0 aliphatic carbocycles. The molecule has 2 aromatic rings. The smallest absolute Gasteiger partial charge is 0.415 e. The highest BCUT2D eigenvalue weighted by Gasteiger charge is 2.24. The van der Waals surface area contributed by atoms with Gasteiger partial charge in [0.15, 0.2) is 0 Å². The number of amides is 3. The number of nitrogens with zero attached hydrogens (tertiary/aromatic N) is 1. The molecule has 1 aliphatic heterocycles. The van der Waals surface area contributed by atoms with Gasteiger partial charge in [0.05, 0.1) is 7.11 Å². The molecular weight excluding hydrogens is 358 g/mol. The Morgan fingerprint density at radius 3 is 2.46 bits per heavy atom. The number of carbonyl (C=O) groups excluding carboxylic acids is 2. The molecule has 28 heavy (non-hydrogen) atoms. The van der Waals surface area contributed by atoms with Crippen molar-refractivity contribution < 1.29 is 19.1 Å². The van der Waals surface area contributed by atoms with Crippen LogP contribution >= 0.6 is 0 Å². The minimum absolute atomic E-state index is 0.251. The number of likely N-dealkylation sites (tertiary alicyclic amines) is 1. The highest BCUT2D eigenvalue weighted by Crippen LogP contribution is 2.19. The van der Waals surface area contributed by atoms with Crippen molar-refractivity contribution in [3.63, 3.8) is 0 Å². The van der Waals surface area contributed by atoms with Crippen molar-refractivity contribution >= 4 is 17.8 Å². The first-order chi connectivity index (χ1) is 13.6. The molecule has 0 atom stereocenters. The maximum absolute atomic E-state index is 12.2. The molecule has 0 unspecified atom stereocenters. The molecule has 1 heterocycles. The molecule has 7 heteroatoms. The van der Waals surface area contributed by atoms with Gasteiger partial charge in [-0.25, -0.2) is 9.59 Å². The van der Waals surface area contributed by atoms with Gasteiger partial charge in [0.25, 0.3) is 0 Å². The number of anilines is 1. The number of ether oxygens (including phenoxy) is 2. The average Bonchev–Trinajstić information content (AvgIpc) is 2.73. The first-order valence-corrected chi connectivity index (χ1v) is 9.35. The summed E-state index contributed by atoms with van der Waals surface area (Å²) in [6, 6.07) is 16.0. The van der Waals surface area contributed by atoms with Crippen LogP contribution in [0.15, 0.2) is 54.6 Å². The fourth-order valence-corrected chi connectivity index (χ4v) is 3.09. The second-order valence-electron chi connectivity index (χ2n) is 6.68. The molecule has 1 fully saturated rings. The second kappa shape index (κ2) is 9.64. The molecular formula is C21H25N3O4. The number of urea groups is 1. The predicted octanol–water partition coefficient (Wildman–Crippen LogP) is 3.73. The van der Waals surface area contributed by atoms with Crippen LogP contribution in [0.1, 0.15) is 12.8 Å². The standard InChI is InChI=1S/C21H25N3O4/c1-27-19-9-5-6-17(14-19)23-20(25)22-15-16-10-12-24(13-11-16)21(26)28-18-7-3-2-4-8-18/h2-9,14,16H,10-13,15H2,1H3,(H2,22,23,25). The number of hydrogen-bond donors (Lipinski definition) is 2. The number of piperidine rings is 1. The summed E-state index contributed by atoms with van der Waals surface area (Å²) in [5.41, 5.74) is 0.676. The molecule has 7 nitrogen and oxygen atoms in total. The summed E-state index contributed by atoms with van der Waals surface area (Å²) < 4.78 is 10.5. The van der Waals surface area contributed by atoms with E-state index in [2.05, 4.69) is 10.6 Å². The highest BCUT2D eigenvalue weighted by atomic mass is 16.6. The molecule has 0 bridgehead atoms. The molecule has 0 saturated carbocycles. The Labute approximate surface area is 164 Å². The van der Waals surface area contributed by atoms with Crippen LogP contribution in [0.25, 0.3) is 0 Å². The lowest BCUT2D eigenvalue weighted by Gasteiger charge is -2.31. The molecule has 0 radical (unpaired) electrons. The number of hydrogen-bond acceptors (Lipinski definition) is 4. The van der Waals surface area contributed by atoms with E-state index in [1.54, 1.807) is 36.3 Å². The van der Waals surface area contributed by atoms with E-state index in [4.69, 9.17) is 9.47 Å². The average molecular weight is 383 g/mol. The summed E-state index contributed by atoms with van der Waals surface area (Å²) in [5.74, 6) is 1.56. The first kappa shape index (κ1) is 19.5. The van der Waals surface area contributed by atoms with Gasteiger partial charge in [0, 0.05) is 31.4 Å². The fraction of sp³-hybridized carbons (Fsp3) is 0.333. The Balaban J connectivity index is 1.38. The summed E-state index contributed by atoms with van der Waals surface area (Å²) in [6.07, 6.45) is 1.32. The molecule has 148 valence electrons. The Hall–Kier alpha value is -3.22. The van der Waals surface area contributed by atoms with Crippen LogP contribution in [-0.4, -0.2) is 43.8 Å². The molecule has 2 aromatic carbocycles. The lowest BCUT2D eigenvalue weighted by molar-refractivity contribution is 0.130. The predicted molar refractivity (Wildman–Crippen MR) is 107 cm³/mol. The van der Waals surface area contributed by atoms with Crippen LogP contribution in [0.3, 0.4) is 0 Å². The van der Waals surface area contributed by atoms with Crippen molar-refractivity contribution in [2.45, 2.75) is 12.8 Å². The molecule has 2 N–H and O–H groups in total. The third kappa shape index (κ3) is 5.64. The molecule has 1 saturated heterocycles. The number of benzene rings is 2. The van der Waals surface area contributed by atoms with Crippen molar-refractivity contribution in [1.29, 1.82) is 0 Å². The van der Waals surface area contributed by atoms with E-state index in [0.717, 1.165) is 12.8 Å². The Kier molecular flexibility index (Phi) is 6.73. The van der Waals surface area contributed by atoms with Crippen LogP contribution in [-0.2, 0) is 0 Å². The third-order valence-corrected chi connectivity index (χ3v) is 4.70. The minimum Gasteiger partial charge on any atom is -0.497 e. The summed E-state index contributed by atoms with van der Waals surface area (Å²) >= 11 is 0. The van der Waals surface area contributed by atoms with E-state index < -0.39 is 0 Å². The Morgan fingerprint density at radius 2 is 1.75 bits per heavy atom. The molecule has 3 rings (SSSR count). The zero-order valence-corrected chi connectivity index (χ0v) is 15.9. The van der Waals surface area contributed by atoms with E-state index in [-0.39, 0.29) is 12.1 Å². The van der Waals surface area contributed by atoms with E-state index in [0.29, 0.717) is 42.7 Å². The lowest BCUT2D eigenvalue weighted by atomic mass is 9.97. The van der Waals surface area contributed by atoms with E-state index in [1.807, 2.05) is 30.3 Å². The fourth-order valence-electron chi connectivity index (χ4n) is 3.09. The highest BCUT2D eigenvalue weighted by molar-refractivity contribution is 5.89. The molecule has 0 spiro atoms. The van der Waals surface area contributed by atoms with E-state index >= 15 is 0 Å². The SMILES string of the molecule is COc1cccc(NC(=O)NCC2CCN(C(=O)Oc3ccccc3)CC2)c1. The summed E-state index contributed by atoms with van der Waals surface area (Å²) in [6.45, 7) is 1.81. The topological polar surface area (TPSA) is 79.9 Å². The first-order valence-electron chi connectivity index (χ1n) is 9.35. The number of rotatable bonds is 5. The van der Waals surface area contributed by atoms with Crippen LogP contribution < -0.4 is 20.1 Å². The van der Waals surface area contributed by atoms with Crippen molar-refractivity contribution in [2.75, 3.05) is 32.1 Å². The van der Waals surface area contributed by atoms with Crippen LogP contribution in [0.4, 0.5) is 15.3 Å². The zero-order chi connectivity index (χ0) is 19.8. The molecule has 0 aromatic heterocycles. The third-order valence-electron chi connectivity index (χ3n) is 4.70. The van der Waals surface area contributed by atoms with Gasteiger partial charge in [-0.2, -0.15) is 0 Å². The van der Waals surface area contributed by atoms with Gasteiger partial charge in [-0.15, -0.1) is 0 Å². The number of nitrogens with one attached hydrogen (secondary N) is 2. The molecule has 1 aliphatic rings. The maximum Gasteiger partial charge on any atom is 0.415 e. The van der Waals surface area contributed by atoms with Gasteiger partial charge in [-0.1, -0.05) is 24.3 Å². The van der Waals surface area contributed by atoms with Gasteiger partial charge >= 0.3 is 12.1 Å². The van der Waals surface area contributed by atoms with Crippen molar-refractivity contribution in [3.8, 4) is 11.5 Å². The normalized spacial score (nSPS) is 14.2. The summed E-state index contributed by atoms with van der Waals surface area (Å²) in [7, 11) is 1.58. The summed E-state index contributed by atoms with van der Waals surface area (Å²) in [4.78, 5) is 26.0. The van der Waals surface area contributed by atoms with Crippen LogP contribution in [0.2, 0.25) is 0 Å². The van der Waals surface area contributed by atoms with Gasteiger partial charge in [-0.05, 0) is 43.0 Å². The van der Waals surface area contributed by atoms with E-state index in [9.17, 15) is 9.59 Å². The largest absolute Gasteiger partial charge is 0.497 e. The maximum atomic E-state index is 12.2. The van der Waals surface area contributed by atoms with Crippen molar-refractivity contribution in [1.82, 2.24) is 10.2 Å². The molecule has 3 amide bonds. The number of para-hydroxylation sites is 1. The Morgan fingerprint density at radius 1 is 1.04 bits per heavy atom. The van der Waals surface area contributed by atoms with Gasteiger partial charge in [-0.3, -0.25) is 0 Å². The van der Waals surface area contributed by atoms with Gasteiger partial charge in [0.1, 0.15) is 11.5 Å². The van der Waals surface area contributed by atoms with Crippen molar-refractivity contribution in [3.05, 3.63) is 54.6 Å². The van der Waals surface area contributed by atoms with Crippen LogP contribution in [0, 0.1) is 5.92 Å². The lowest BCUT2D eigenvalue weighted by Crippen LogP contribution is -2.43. The Bertz CT molecular complexity index is 789.